The van der Waals surface area contributed by atoms with Gasteiger partial charge in [-0.1, -0.05) is 0 Å². The molecule has 1 fully saturated rings. The van der Waals surface area contributed by atoms with Crippen molar-refractivity contribution in [3.8, 4) is 5.75 Å². The van der Waals surface area contributed by atoms with Gasteiger partial charge < -0.3 is 14.5 Å². The number of furan rings is 1. The van der Waals surface area contributed by atoms with Gasteiger partial charge in [0.15, 0.2) is 11.3 Å². The Hall–Kier alpha value is -1.48. The first kappa shape index (κ1) is 10.7. The van der Waals surface area contributed by atoms with E-state index >= 15 is 0 Å². The fourth-order valence-corrected chi connectivity index (χ4v) is 2.60. The molecule has 1 saturated heterocycles. The van der Waals surface area contributed by atoms with Crippen molar-refractivity contribution in [2.45, 2.75) is 19.3 Å². The molecule has 17 heavy (non-hydrogen) atoms. The molecular formula is C14H17NO2. The van der Waals surface area contributed by atoms with Gasteiger partial charge in [-0.2, -0.15) is 0 Å². The molecule has 1 aromatic carbocycles. The normalized spacial score (nSPS) is 20.0. The second-order valence-corrected chi connectivity index (χ2v) is 4.69. The molecule has 0 aliphatic carbocycles. The highest BCUT2D eigenvalue weighted by Gasteiger charge is 2.19. The van der Waals surface area contributed by atoms with E-state index in [9.17, 15) is 0 Å². The Morgan fingerprint density at radius 1 is 1.35 bits per heavy atom. The van der Waals surface area contributed by atoms with Crippen LogP contribution in [-0.4, -0.2) is 20.2 Å². The molecule has 0 saturated carbocycles. The van der Waals surface area contributed by atoms with E-state index in [4.69, 9.17) is 9.15 Å². The Morgan fingerprint density at radius 3 is 2.94 bits per heavy atom. The summed E-state index contributed by atoms with van der Waals surface area (Å²) < 4.78 is 11.1. The van der Waals surface area contributed by atoms with E-state index < -0.39 is 0 Å². The van der Waals surface area contributed by atoms with Crippen LogP contribution >= 0.6 is 0 Å². The van der Waals surface area contributed by atoms with Gasteiger partial charge in [0.05, 0.1) is 7.11 Å². The van der Waals surface area contributed by atoms with Crippen molar-refractivity contribution in [1.29, 1.82) is 0 Å². The fourth-order valence-electron chi connectivity index (χ4n) is 2.60. The number of ether oxygens (including phenoxy) is 1. The predicted octanol–water partition coefficient (Wildman–Crippen LogP) is 2.83. The number of rotatable bonds is 2. The number of aryl methyl sites for hydroxylation is 1. The maximum absolute atomic E-state index is 5.67. The molecule has 1 aliphatic rings. The number of hydrogen-bond acceptors (Lipinski definition) is 3. The van der Waals surface area contributed by atoms with Crippen molar-refractivity contribution in [1.82, 2.24) is 5.32 Å². The third-order valence-corrected chi connectivity index (χ3v) is 3.48. The third kappa shape index (κ3) is 1.80. The number of fused-ring (bicyclic) bond motifs is 1. The van der Waals surface area contributed by atoms with Gasteiger partial charge in [0, 0.05) is 11.9 Å². The van der Waals surface area contributed by atoms with E-state index in [2.05, 4.69) is 23.5 Å². The number of benzene rings is 1. The summed E-state index contributed by atoms with van der Waals surface area (Å²) in [7, 11) is 1.70. The SMILES string of the molecule is COc1cc(C2CCNC2)cc2cc(C)oc12. The highest BCUT2D eigenvalue weighted by atomic mass is 16.5. The molecular weight excluding hydrogens is 214 g/mol. The van der Waals surface area contributed by atoms with E-state index in [1.54, 1.807) is 7.11 Å². The van der Waals surface area contributed by atoms with Crippen LogP contribution in [0.3, 0.4) is 0 Å². The highest BCUT2D eigenvalue weighted by molar-refractivity contribution is 5.84. The molecule has 1 aromatic heterocycles. The molecule has 1 atom stereocenters. The van der Waals surface area contributed by atoms with Gasteiger partial charge in [0.1, 0.15) is 5.76 Å². The largest absolute Gasteiger partial charge is 0.493 e. The quantitative estimate of drug-likeness (QED) is 0.863. The third-order valence-electron chi connectivity index (χ3n) is 3.48. The average molecular weight is 231 g/mol. The van der Waals surface area contributed by atoms with Gasteiger partial charge in [-0.3, -0.25) is 0 Å². The predicted molar refractivity (Wildman–Crippen MR) is 67.7 cm³/mol. The molecule has 0 bridgehead atoms. The lowest BCUT2D eigenvalue weighted by molar-refractivity contribution is 0.408. The van der Waals surface area contributed by atoms with Crippen molar-refractivity contribution >= 4 is 11.0 Å². The lowest BCUT2D eigenvalue weighted by Gasteiger charge is -2.10. The van der Waals surface area contributed by atoms with Crippen LogP contribution in [0.2, 0.25) is 0 Å². The van der Waals surface area contributed by atoms with Gasteiger partial charge in [-0.05, 0) is 49.6 Å². The van der Waals surface area contributed by atoms with Crippen LogP contribution in [0.4, 0.5) is 0 Å². The fraction of sp³-hybridized carbons (Fsp3) is 0.429. The van der Waals surface area contributed by atoms with Gasteiger partial charge >= 0.3 is 0 Å². The van der Waals surface area contributed by atoms with Gasteiger partial charge in [-0.25, -0.2) is 0 Å². The highest BCUT2D eigenvalue weighted by Crippen LogP contribution is 2.34. The minimum absolute atomic E-state index is 0.600. The maximum atomic E-state index is 5.67. The first-order chi connectivity index (χ1) is 8.28. The molecule has 0 radical (unpaired) electrons. The molecule has 3 rings (SSSR count). The van der Waals surface area contributed by atoms with E-state index in [-0.39, 0.29) is 0 Å². The van der Waals surface area contributed by atoms with Crippen LogP contribution in [0.5, 0.6) is 5.75 Å². The van der Waals surface area contributed by atoms with Crippen molar-refractivity contribution in [3.05, 3.63) is 29.5 Å². The van der Waals surface area contributed by atoms with Crippen molar-refractivity contribution < 1.29 is 9.15 Å². The summed E-state index contributed by atoms with van der Waals surface area (Å²) in [5.74, 6) is 2.38. The Labute approximate surface area is 101 Å². The second kappa shape index (κ2) is 4.08. The monoisotopic (exact) mass is 231 g/mol. The van der Waals surface area contributed by atoms with Crippen LogP contribution in [-0.2, 0) is 0 Å². The Kier molecular flexibility index (Phi) is 2.56. The molecule has 1 aliphatic heterocycles. The molecule has 3 nitrogen and oxygen atoms in total. The van der Waals surface area contributed by atoms with E-state index in [1.165, 1.54) is 12.0 Å². The van der Waals surface area contributed by atoms with E-state index in [1.807, 2.05) is 6.92 Å². The summed E-state index contributed by atoms with van der Waals surface area (Å²) in [4.78, 5) is 0. The van der Waals surface area contributed by atoms with Gasteiger partial charge in [0.25, 0.3) is 0 Å². The second-order valence-electron chi connectivity index (χ2n) is 4.69. The molecule has 2 aromatic rings. The zero-order valence-corrected chi connectivity index (χ0v) is 10.2. The van der Waals surface area contributed by atoms with Gasteiger partial charge in [-0.15, -0.1) is 0 Å². The van der Waals surface area contributed by atoms with E-state index in [0.717, 1.165) is 35.6 Å². The zero-order valence-electron chi connectivity index (χ0n) is 10.2. The molecule has 1 unspecified atom stereocenters. The van der Waals surface area contributed by atoms with Crippen LogP contribution in [0.15, 0.2) is 22.6 Å². The van der Waals surface area contributed by atoms with Crippen LogP contribution in [0.25, 0.3) is 11.0 Å². The van der Waals surface area contributed by atoms with Crippen LogP contribution in [0.1, 0.15) is 23.7 Å². The molecule has 2 heterocycles. The molecule has 0 amide bonds. The summed E-state index contributed by atoms with van der Waals surface area (Å²) in [5.41, 5.74) is 2.21. The topological polar surface area (TPSA) is 34.4 Å². The Morgan fingerprint density at radius 2 is 2.24 bits per heavy atom. The Bertz CT molecular complexity index is 538. The van der Waals surface area contributed by atoms with Crippen molar-refractivity contribution in [2.75, 3.05) is 20.2 Å². The summed E-state index contributed by atoms with van der Waals surface area (Å²) in [6, 6.07) is 6.42. The Balaban J connectivity index is 2.13. The van der Waals surface area contributed by atoms with Crippen LogP contribution in [0, 0.1) is 6.92 Å². The first-order valence-corrected chi connectivity index (χ1v) is 6.06. The smallest absolute Gasteiger partial charge is 0.176 e. The molecule has 0 spiro atoms. The molecule has 1 N–H and O–H groups in total. The zero-order chi connectivity index (χ0) is 11.8. The number of hydrogen-bond donors (Lipinski definition) is 1. The van der Waals surface area contributed by atoms with Crippen molar-refractivity contribution in [2.24, 2.45) is 0 Å². The standard InChI is InChI=1S/C14H17NO2/c1-9-5-12-6-11(10-3-4-15-8-10)7-13(16-2)14(12)17-9/h5-7,10,15H,3-4,8H2,1-2H3. The summed E-state index contributed by atoms with van der Waals surface area (Å²) in [6.45, 7) is 4.14. The number of nitrogens with one attached hydrogen (secondary N) is 1. The summed E-state index contributed by atoms with van der Waals surface area (Å²) in [6.07, 6.45) is 1.20. The van der Waals surface area contributed by atoms with E-state index in [0.29, 0.717) is 5.92 Å². The minimum Gasteiger partial charge on any atom is -0.493 e. The summed E-state index contributed by atoms with van der Waals surface area (Å²) in [5, 5.41) is 4.54. The number of methoxy groups -OCH3 is 1. The maximum Gasteiger partial charge on any atom is 0.176 e. The van der Waals surface area contributed by atoms with Crippen molar-refractivity contribution in [3.63, 3.8) is 0 Å². The lowest BCUT2D eigenvalue weighted by atomic mass is 9.97. The first-order valence-electron chi connectivity index (χ1n) is 6.06. The summed E-state index contributed by atoms with van der Waals surface area (Å²) >= 11 is 0. The lowest BCUT2D eigenvalue weighted by Crippen LogP contribution is -2.08. The molecule has 90 valence electrons. The van der Waals surface area contributed by atoms with Gasteiger partial charge in [0.2, 0.25) is 0 Å². The van der Waals surface area contributed by atoms with Crippen LogP contribution < -0.4 is 10.1 Å². The minimum atomic E-state index is 0.600. The molecule has 3 heteroatoms. The average Bonchev–Trinajstić information content (AvgIpc) is 2.94.